The number of sulfonamides is 1. The average molecular weight is 412 g/mol. The van der Waals surface area contributed by atoms with E-state index in [0.29, 0.717) is 37.2 Å². The van der Waals surface area contributed by atoms with Crippen LogP contribution in [0.2, 0.25) is 0 Å². The summed E-state index contributed by atoms with van der Waals surface area (Å²) in [6.45, 7) is 0.715. The Morgan fingerprint density at radius 3 is 2.39 bits per heavy atom. The van der Waals surface area contributed by atoms with Crippen molar-refractivity contribution in [2.75, 3.05) is 25.1 Å². The number of ether oxygens (including phenoxy) is 2. The molecule has 0 fully saturated rings. The average Bonchev–Trinajstić information content (AvgIpc) is 2.85. The minimum atomic E-state index is -3.87. The molecule has 0 radical (unpaired) electrons. The number of hydrogen-bond acceptors (Lipinski definition) is 5. The van der Waals surface area contributed by atoms with Crippen LogP contribution >= 0.6 is 0 Å². The highest BCUT2D eigenvalue weighted by Crippen LogP contribution is 2.31. The van der Waals surface area contributed by atoms with Crippen LogP contribution in [-0.2, 0) is 14.8 Å². The first-order valence-corrected chi connectivity index (χ1v) is 9.97. The maximum atomic E-state index is 13.1. The lowest BCUT2D eigenvalue weighted by molar-refractivity contribution is -0.116. The van der Waals surface area contributed by atoms with Gasteiger partial charge in [-0.1, -0.05) is 0 Å². The Morgan fingerprint density at radius 1 is 1.00 bits per heavy atom. The molecule has 2 aromatic carbocycles. The van der Waals surface area contributed by atoms with Gasteiger partial charge in [0.05, 0.1) is 18.1 Å². The molecule has 7 nitrogen and oxygen atoms in total. The van der Waals surface area contributed by atoms with Crippen molar-refractivity contribution in [3.05, 3.63) is 48.0 Å². The monoisotopic (exact) mass is 412 g/mol. The quantitative estimate of drug-likeness (QED) is 0.760. The fourth-order valence-corrected chi connectivity index (χ4v) is 3.59. The fraction of sp³-hybridized carbons (Fsp3) is 0.278. The number of anilines is 1. The van der Waals surface area contributed by atoms with Crippen LogP contribution in [0.5, 0.6) is 11.5 Å². The number of fused-ring (bicyclic) bond motifs is 1. The second-order valence-electron chi connectivity index (χ2n) is 6.01. The number of nitrogens with one attached hydrogen (secondary N) is 2. The van der Waals surface area contributed by atoms with Crippen LogP contribution in [0, 0.1) is 11.6 Å². The first-order chi connectivity index (χ1) is 13.3. The fourth-order valence-electron chi connectivity index (χ4n) is 2.54. The molecule has 1 amide bonds. The number of hydrogen-bond donors (Lipinski definition) is 2. The van der Waals surface area contributed by atoms with Gasteiger partial charge in [-0.2, -0.15) is 0 Å². The van der Waals surface area contributed by atoms with E-state index in [0.717, 1.165) is 12.1 Å². The number of amides is 1. The largest absolute Gasteiger partial charge is 0.490 e. The third-order valence-corrected chi connectivity index (χ3v) is 5.28. The lowest BCUT2D eigenvalue weighted by Crippen LogP contribution is -2.28. The Hall–Kier alpha value is -2.72. The Morgan fingerprint density at radius 2 is 1.68 bits per heavy atom. The highest BCUT2D eigenvalue weighted by molar-refractivity contribution is 7.89. The van der Waals surface area contributed by atoms with Gasteiger partial charge in [-0.05, 0) is 24.3 Å². The number of halogens is 2. The molecule has 0 atom stereocenters. The zero-order valence-corrected chi connectivity index (χ0v) is 15.5. The molecule has 1 aliphatic rings. The highest BCUT2D eigenvalue weighted by atomic mass is 32.2. The number of rotatable bonds is 6. The Kier molecular flexibility index (Phi) is 6.10. The number of benzene rings is 2. The van der Waals surface area contributed by atoms with Crippen LogP contribution in [0.3, 0.4) is 0 Å². The maximum Gasteiger partial charge on any atom is 0.240 e. The van der Waals surface area contributed by atoms with Crippen LogP contribution < -0.4 is 19.5 Å². The molecule has 2 aromatic rings. The molecular weight excluding hydrogens is 394 g/mol. The van der Waals surface area contributed by atoms with Gasteiger partial charge in [-0.25, -0.2) is 21.9 Å². The summed E-state index contributed by atoms with van der Waals surface area (Å²) >= 11 is 0. The molecule has 2 N–H and O–H groups in total. The third-order valence-electron chi connectivity index (χ3n) is 3.82. The van der Waals surface area contributed by atoms with Crippen molar-refractivity contribution < 1.29 is 31.5 Å². The van der Waals surface area contributed by atoms with Crippen LogP contribution in [0.25, 0.3) is 0 Å². The summed E-state index contributed by atoms with van der Waals surface area (Å²) in [5.41, 5.74) is -0.0479. The topological polar surface area (TPSA) is 93.7 Å². The van der Waals surface area contributed by atoms with Crippen molar-refractivity contribution >= 4 is 21.6 Å². The molecule has 28 heavy (non-hydrogen) atoms. The second-order valence-corrected chi connectivity index (χ2v) is 7.78. The van der Waals surface area contributed by atoms with Crippen LogP contribution in [0.15, 0.2) is 41.3 Å². The van der Waals surface area contributed by atoms with Crippen molar-refractivity contribution in [2.45, 2.75) is 17.7 Å². The number of carbonyl (C=O) groups is 1. The first-order valence-electron chi connectivity index (χ1n) is 8.49. The van der Waals surface area contributed by atoms with E-state index in [-0.39, 0.29) is 23.5 Å². The SMILES string of the molecule is O=C(CCNS(=O)(=O)c1ccc2c(c1)OCCCO2)Nc1cc(F)cc(F)c1. The van der Waals surface area contributed by atoms with Crippen LogP contribution in [0.4, 0.5) is 14.5 Å². The normalized spacial score (nSPS) is 13.6. The third kappa shape index (κ3) is 5.17. The molecule has 0 spiro atoms. The van der Waals surface area contributed by atoms with Gasteiger partial charge in [0.25, 0.3) is 0 Å². The molecule has 0 aromatic heterocycles. The Labute approximate surface area is 160 Å². The standard InChI is InChI=1S/C18H18F2N2O5S/c19-12-8-13(20)10-14(9-12)22-18(23)4-5-21-28(24,25)15-2-3-16-17(11-15)27-7-1-6-26-16/h2-3,8-11,21H,1,4-7H2,(H,22,23). The van der Waals surface area contributed by atoms with Crippen molar-refractivity contribution in [1.29, 1.82) is 0 Å². The van der Waals surface area contributed by atoms with E-state index in [9.17, 15) is 22.0 Å². The lowest BCUT2D eigenvalue weighted by atomic mass is 10.3. The smallest absolute Gasteiger partial charge is 0.240 e. The molecular formula is C18H18F2N2O5S. The molecule has 10 heteroatoms. The van der Waals surface area contributed by atoms with Gasteiger partial charge in [0.1, 0.15) is 11.6 Å². The van der Waals surface area contributed by atoms with Gasteiger partial charge in [-0.15, -0.1) is 0 Å². The summed E-state index contributed by atoms with van der Waals surface area (Å²) in [6.07, 6.45) is 0.473. The molecule has 0 bridgehead atoms. The minimum Gasteiger partial charge on any atom is -0.490 e. The van der Waals surface area contributed by atoms with E-state index in [1.165, 1.54) is 18.2 Å². The van der Waals surface area contributed by atoms with Crippen molar-refractivity contribution in [3.8, 4) is 11.5 Å². The number of carbonyl (C=O) groups excluding carboxylic acids is 1. The molecule has 1 aliphatic heterocycles. The molecule has 150 valence electrons. The molecule has 3 rings (SSSR count). The van der Waals surface area contributed by atoms with Crippen LogP contribution in [0.1, 0.15) is 12.8 Å². The predicted octanol–water partition coefficient (Wildman–Crippen LogP) is 2.43. The van der Waals surface area contributed by atoms with Gasteiger partial charge in [0, 0.05) is 37.2 Å². The van der Waals surface area contributed by atoms with Gasteiger partial charge in [-0.3, -0.25) is 4.79 Å². The van der Waals surface area contributed by atoms with Crippen molar-refractivity contribution in [3.63, 3.8) is 0 Å². The summed E-state index contributed by atoms with van der Waals surface area (Å²) in [6, 6.07) is 6.86. The van der Waals surface area contributed by atoms with Gasteiger partial charge >= 0.3 is 0 Å². The molecule has 0 saturated heterocycles. The zero-order valence-electron chi connectivity index (χ0n) is 14.7. The maximum absolute atomic E-state index is 13.1. The summed E-state index contributed by atoms with van der Waals surface area (Å²) in [4.78, 5) is 11.8. The molecule has 1 heterocycles. The van der Waals surface area contributed by atoms with Gasteiger partial charge < -0.3 is 14.8 Å². The van der Waals surface area contributed by atoms with Crippen molar-refractivity contribution in [1.82, 2.24) is 4.72 Å². The van der Waals surface area contributed by atoms with E-state index >= 15 is 0 Å². The molecule has 0 aliphatic carbocycles. The molecule has 0 unspecified atom stereocenters. The van der Waals surface area contributed by atoms with E-state index in [1.54, 1.807) is 0 Å². The first kappa shape index (κ1) is 20.0. The highest BCUT2D eigenvalue weighted by Gasteiger charge is 2.19. The lowest BCUT2D eigenvalue weighted by Gasteiger charge is -2.11. The summed E-state index contributed by atoms with van der Waals surface area (Å²) in [5, 5.41) is 2.31. The van der Waals surface area contributed by atoms with Crippen LogP contribution in [-0.4, -0.2) is 34.1 Å². The zero-order chi connectivity index (χ0) is 20.1. The Balaban J connectivity index is 1.57. The van der Waals surface area contributed by atoms with E-state index < -0.39 is 27.6 Å². The summed E-state index contributed by atoms with van der Waals surface area (Å²) in [7, 11) is -3.87. The molecule has 0 saturated carbocycles. The summed E-state index contributed by atoms with van der Waals surface area (Å²) < 4.78 is 64.3. The Bertz CT molecular complexity index is 962. The van der Waals surface area contributed by atoms with E-state index in [2.05, 4.69) is 10.0 Å². The minimum absolute atomic E-state index is 0.0237. The van der Waals surface area contributed by atoms with E-state index in [1.807, 2.05) is 0 Å². The van der Waals surface area contributed by atoms with Gasteiger partial charge in [0.2, 0.25) is 15.9 Å². The predicted molar refractivity (Wildman–Crippen MR) is 96.8 cm³/mol. The summed E-state index contributed by atoms with van der Waals surface area (Å²) in [5.74, 6) is -1.44. The van der Waals surface area contributed by atoms with Crippen molar-refractivity contribution in [2.24, 2.45) is 0 Å². The van der Waals surface area contributed by atoms with E-state index in [4.69, 9.17) is 9.47 Å². The second kappa shape index (κ2) is 8.53. The van der Waals surface area contributed by atoms with Gasteiger partial charge in [0.15, 0.2) is 11.5 Å².